The van der Waals surface area contributed by atoms with E-state index in [4.69, 9.17) is 16.6 Å². The van der Waals surface area contributed by atoms with Gasteiger partial charge in [-0.1, -0.05) is 67.1 Å². The molecule has 5 nitrogen and oxygen atoms in total. The Hall–Kier alpha value is -3.44. The summed E-state index contributed by atoms with van der Waals surface area (Å²) in [6.45, 7) is 2.54. The van der Waals surface area contributed by atoms with E-state index >= 15 is 0 Å². The van der Waals surface area contributed by atoms with Gasteiger partial charge in [-0.3, -0.25) is 14.6 Å². The number of carbonyl (C=O) groups is 2. The van der Waals surface area contributed by atoms with Crippen LogP contribution in [0, 0.1) is 0 Å². The lowest BCUT2D eigenvalue weighted by molar-refractivity contribution is -0.123. The number of hydrogen-bond donors (Lipinski definition) is 1. The van der Waals surface area contributed by atoms with Crippen LogP contribution in [0.2, 0.25) is 5.02 Å². The summed E-state index contributed by atoms with van der Waals surface area (Å²) in [5.74, 6) is -0.353. The molecule has 0 spiro atoms. The number of rotatable bonds is 7. The first-order chi connectivity index (χ1) is 16.0. The van der Waals surface area contributed by atoms with Crippen LogP contribution in [0.4, 0.5) is 11.4 Å². The van der Waals surface area contributed by atoms with Crippen LogP contribution in [0.5, 0.6) is 0 Å². The summed E-state index contributed by atoms with van der Waals surface area (Å²) < 4.78 is 0. The summed E-state index contributed by atoms with van der Waals surface area (Å²) in [7, 11) is 0. The molecule has 168 valence electrons. The van der Waals surface area contributed by atoms with E-state index in [1.54, 1.807) is 0 Å². The van der Waals surface area contributed by atoms with Crippen molar-refractivity contribution in [1.29, 1.82) is 0 Å². The largest absolute Gasteiger partial charge is 0.354 e. The van der Waals surface area contributed by atoms with Crippen molar-refractivity contribution in [1.82, 2.24) is 5.32 Å². The Balaban J connectivity index is 1.46. The minimum Gasteiger partial charge on any atom is -0.354 e. The number of benzene rings is 3. The second-order valence-corrected chi connectivity index (χ2v) is 8.42. The van der Waals surface area contributed by atoms with E-state index in [1.165, 1.54) is 10.5 Å². The number of carbonyl (C=O) groups excluding carboxylic acids is 2. The zero-order valence-corrected chi connectivity index (χ0v) is 19.3. The highest BCUT2D eigenvalue weighted by atomic mass is 35.5. The van der Waals surface area contributed by atoms with Gasteiger partial charge in [0.1, 0.15) is 6.54 Å². The van der Waals surface area contributed by atoms with E-state index in [1.807, 2.05) is 60.7 Å². The number of halogens is 1. The van der Waals surface area contributed by atoms with Gasteiger partial charge in [0.2, 0.25) is 11.8 Å². The number of para-hydroxylation sites is 2. The van der Waals surface area contributed by atoms with Gasteiger partial charge in [-0.25, -0.2) is 0 Å². The number of anilines is 1. The fourth-order valence-corrected chi connectivity index (χ4v) is 3.94. The van der Waals surface area contributed by atoms with Crippen LogP contribution in [-0.4, -0.2) is 30.6 Å². The van der Waals surface area contributed by atoms with Crippen molar-refractivity contribution in [2.24, 2.45) is 4.99 Å². The van der Waals surface area contributed by atoms with Gasteiger partial charge in [0.15, 0.2) is 0 Å². The van der Waals surface area contributed by atoms with Crippen molar-refractivity contribution in [2.45, 2.75) is 26.2 Å². The zero-order chi connectivity index (χ0) is 23.2. The third-order valence-corrected chi connectivity index (χ3v) is 5.95. The maximum absolute atomic E-state index is 13.2. The first-order valence-corrected chi connectivity index (χ1v) is 11.5. The third-order valence-electron chi connectivity index (χ3n) is 5.69. The average molecular weight is 460 g/mol. The van der Waals surface area contributed by atoms with E-state index in [0.717, 1.165) is 17.5 Å². The maximum atomic E-state index is 13.2. The Labute approximate surface area is 199 Å². The lowest BCUT2D eigenvalue weighted by atomic mass is 10.0. The molecule has 1 N–H and O–H groups in total. The number of nitrogens with one attached hydrogen (secondary N) is 1. The second-order valence-electron chi connectivity index (χ2n) is 7.98. The van der Waals surface area contributed by atoms with E-state index in [0.29, 0.717) is 35.1 Å². The Bertz CT molecular complexity index is 1170. The van der Waals surface area contributed by atoms with Crippen molar-refractivity contribution < 1.29 is 9.59 Å². The number of aryl methyl sites for hydroxylation is 1. The standard InChI is InChI=1S/C27H26ClN3O2/c1-2-19-7-11-21(12-8-19)24-17-27(33)31(25-6-4-3-5-23(25)30-24)18-26(32)29-16-15-20-9-13-22(28)14-10-20/h3-14H,2,15-18H2,1H3,(H,29,32). The molecule has 33 heavy (non-hydrogen) atoms. The topological polar surface area (TPSA) is 61.8 Å². The smallest absolute Gasteiger partial charge is 0.240 e. The minimum absolute atomic E-state index is 0.0476. The van der Waals surface area contributed by atoms with Gasteiger partial charge in [-0.05, 0) is 53.8 Å². The van der Waals surface area contributed by atoms with Gasteiger partial charge >= 0.3 is 0 Å². The monoisotopic (exact) mass is 459 g/mol. The third kappa shape index (κ3) is 5.68. The predicted molar refractivity (Wildman–Crippen MR) is 134 cm³/mol. The molecule has 2 amide bonds. The lowest BCUT2D eigenvalue weighted by Gasteiger charge is -2.22. The van der Waals surface area contributed by atoms with Crippen LogP contribution < -0.4 is 10.2 Å². The molecule has 1 heterocycles. The minimum atomic E-state index is -0.206. The SMILES string of the molecule is CCc1ccc(C2=Nc3ccccc3N(CC(=O)NCCc3ccc(Cl)cc3)C(=O)C2)cc1. The molecule has 4 rings (SSSR count). The van der Waals surface area contributed by atoms with E-state index < -0.39 is 0 Å². The first-order valence-electron chi connectivity index (χ1n) is 11.1. The van der Waals surface area contributed by atoms with Gasteiger partial charge < -0.3 is 10.2 Å². The van der Waals surface area contributed by atoms with Crippen molar-refractivity contribution >= 4 is 40.5 Å². The molecule has 0 atom stereocenters. The van der Waals surface area contributed by atoms with Crippen LogP contribution in [0.25, 0.3) is 0 Å². The maximum Gasteiger partial charge on any atom is 0.240 e. The Morgan fingerprint density at radius 2 is 1.70 bits per heavy atom. The van der Waals surface area contributed by atoms with Crippen LogP contribution in [0.3, 0.4) is 0 Å². The number of aliphatic imine (C=N–C) groups is 1. The highest BCUT2D eigenvalue weighted by Crippen LogP contribution is 2.32. The highest BCUT2D eigenvalue weighted by molar-refractivity contribution is 6.30. The molecular weight excluding hydrogens is 434 g/mol. The van der Waals surface area contributed by atoms with Gasteiger partial charge in [0.25, 0.3) is 0 Å². The van der Waals surface area contributed by atoms with E-state index in [2.05, 4.69) is 24.4 Å². The molecule has 0 radical (unpaired) electrons. The molecule has 6 heteroatoms. The molecule has 0 unspecified atom stereocenters. The Morgan fingerprint density at radius 3 is 2.42 bits per heavy atom. The molecule has 1 aliphatic rings. The lowest BCUT2D eigenvalue weighted by Crippen LogP contribution is -2.41. The molecule has 0 saturated heterocycles. The van der Waals surface area contributed by atoms with Gasteiger partial charge in [0, 0.05) is 11.6 Å². The summed E-state index contributed by atoms with van der Waals surface area (Å²) in [4.78, 5) is 32.2. The fourth-order valence-electron chi connectivity index (χ4n) is 3.81. The van der Waals surface area contributed by atoms with Crippen LogP contribution in [-0.2, 0) is 22.4 Å². The molecule has 0 aromatic heterocycles. The Morgan fingerprint density at radius 1 is 1.00 bits per heavy atom. The van der Waals surface area contributed by atoms with Crippen LogP contribution in [0.15, 0.2) is 77.8 Å². The summed E-state index contributed by atoms with van der Waals surface area (Å²) >= 11 is 5.92. The summed E-state index contributed by atoms with van der Waals surface area (Å²) in [6, 6.07) is 23.1. The van der Waals surface area contributed by atoms with Gasteiger partial charge in [-0.2, -0.15) is 0 Å². The summed E-state index contributed by atoms with van der Waals surface area (Å²) in [6.07, 6.45) is 1.78. The average Bonchev–Trinajstić information content (AvgIpc) is 2.97. The van der Waals surface area contributed by atoms with Gasteiger partial charge in [0.05, 0.1) is 23.5 Å². The Kier molecular flexibility index (Phi) is 7.20. The quantitative estimate of drug-likeness (QED) is 0.533. The second kappa shape index (κ2) is 10.5. The predicted octanol–water partition coefficient (Wildman–Crippen LogP) is 5.12. The molecule has 1 aliphatic heterocycles. The number of hydrogen-bond acceptors (Lipinski definition) is 3. The molecule has 0 fully saturated rings. The highest BCUT2D eigenvalue weighted by Gasteiger charge is 2.26. The van der Waals surface area contributed by atoms with Gasteiger partial charge in [-0.15, -0.1) is 0 Å². The summed E-state index contributed by atoms with van der Waals surface area (Å²) in [5.41, 5.74) is 5.28. The zero-order valence-electron chi connectivity index (χ0n) is 18.6. The number of nitrogens with zero attached hydrogens (tertiary/aromatic N) is 2. The fraction of sp³-hybridized carbons (Fsp3) is 0.222. The van der Waals surface area contributed by atoms with Crippen LogP contribution in [0.1, 0.15) is 30.0 Å². The molecule has 3 aromatic carbocycles. The molecule has 0 aliphatic carbocycles. The van der Waals surface area contributed by atoms with E-state index in [-0.39, 0.29) is 24.8 Å². The van der Waals surface area contributed by atoms with Crippen molar-refractivity contribution in [3.8, 4) is 0 Å². The normalized spacial score (nSPS) is 13.2. The first kappa shape index (κ1) is 22.7. The van der Waals surface area contributed by atoms with Crippen LogP contribution >= 0.6 is 11.6 Å². The summed E-state index contributed by atoms with van der Waals surface area (Å²) in [5, 5.41) is 3.60. The van der Waals surface area contributed by atoms with Crippen molar-refractivity contribution in [3.63, 3.8) is 0 Å². The molecular formula is C27H26ClN3O2. The van der Waals surface area contributed by atoms with Crippen molar-refractivity contribution in [2.75, 3.05) is 18.0 Å². The molecule has 0 saturated carbocycles. The number of fused-ring (bicyclic) bond motifs is 1. The number of amides is 2. The van der Waals surface area contributed by atoms with E-state index in [9.17, 15) is 9.59 Å². The molecule has 0 bridgehead atoms. The van der Waals surface area contributed by atoms with Crippen molar-refractivity contribution in [3.05, 3.63) is 94.5 Å². The molecule has 3 aromatic rings.